The van der Waals surface area contributed by atoms with Crippen LogP contribution < -0.4 is 10.0 Å². The average Bonchev–Trinajstić information content (AvgIpc) is 2.98. The molecule has 144 valence electrons. The van der Waals surface area contributed by atoms with Crippen molar-refractivity contribution in [3.05, 3.63) is 18.2 Å². The summed E-state index contributed by atoms with van der Waals surface area (Å²) < 4.78 is 27.8. The number of thioether (sulfide) groups is 1. The van der Waals surface area contributed by atoms with Gasteiger partial charge in [-0.05, 0) is 57.1 Å². The lowest BCUT2D eigenvalue weighted by molar-refractivity contribution is -0.115. The fourth-order valence-electron chi connectivity index (χ4n) is 3.32. The molecule has 3 rings (SSSR count). The van der Waals surface area contributed by atoms with Gasteiger partial charge in [-0.3, -0.25) is 4.79 Å². The van der Waals surface area contributed by atoms with E-state index in [1.807, 2.05) is 0 Å². The van der Waals surface area contributed by atoms with Crippen LogP contribution in [-0.4, -0.2) is 51.2 Å². The molecule has 0 atom stereocenters. The minimum Gasteiger partial charge on any atom is -0.325 e. The van der Waals surface area contributed by atoms with Crippen LogP contribution in [0.25, 0.3) is 0 Å². The van der Waals surface area contributed by atoms with E-state index in [-0.39, 0.29) is 10.8 Å². The summed E-state index contributed by atoms with van der Waals surface area (Å²) in [7, 11) is -3.56. The Kier molecular flexibility index (Phi) is 6.97. The van der Waals surface area contributed by atoms with Crippen LogP contribution in [0, 0.1) is 0 Å². The first-order chi connectivity index (χ1) is 12.5. The van der Waals surface area contributed by atoms with Crippen LogP contribution in [0.15, 0.2) is 28.0 Å². The Hall–Kier alpha value is -1.09. The van der Waals surface area contributed by atoms with Gasteiger partial charge in [0, 0.05) is 23.6 Å². The van der Waals surface area contributed by atoms with Gasteiger partial charge in [0.25, 0.3) is 0 Å². The molecule has 2 N–H and O–H groups in total. The first kappa shape index (κ1) is 19.7. The van der Waals surface area contributed by atoms with Crippen molar-refractivity contribution < 1.29 is 13.2 Å². The van der Waals surface area contributed by atoms with Crippen LogP contribution in [0.2, 0.25) is 0 Å². The summed E-state index contributed by atoms with van der Waals surface area (Å²) >= 11 is 1.57. The molecule has 2 aliphatic heterocycles. The predicted molar refractivity (Wildman–Crippen MR) is 105 cm³/mol. The van der Waals surface area contributed by atoms with E-state index in [9.17, 15) is 13.2 Å². The maximum absolute atomic E-state index is 12.5. The van der Waals surface area contributed by atoms with E-state index < -0.39 is 10.0 Å². The smallest absolute Gasteiger partial charge is 0.240 e. The molecule has 0 bridgehead atoms. The summed E-state index contributed by atoms with van der Waals surface area (Å²) in [5.74, 6) is 0.635. The number of amides is 1. The van der Waals surface area contributed by atoms with Crippen LogP contribution in [0.3, 0.4) is 0 Å². The van der Waals surface area contributed by atoms with Crippen molar-refractivity contribution in [2.75, 3.05) is 37.2 Å². The van der Waals surface area contributed by atoms with Crippen molar-refractivity contribution in [3.63, 3.8) is 0 Å². The van der Waals surface area contributed by atoms with Gasteiger partial charge in [0.05, 0.1) is 10.6 Å². The first-order valence-corrected chi connectivity index (χ1v) is 11.8. The Balaban J connectivity index is 1.55. The number of carbonyl (C=O) groups excluding carboxylic acids is 1. The van der Waals surface area contributed by atoms with Gasteiger partial charge < -0.3 is 10.2 Å². The molecule has 2 aliphatic rings. The highest BCUT2D eigenvalue weighted by molar-refractivity contribution is 7.99. The van der Waals surface area contributed by atoms with Crippen molar-refractivity contribution in [3.8, 4) is 0 Å². The zero-order valence-corrected chi connectivity index (χ0v) is 16.6. The number of anilines is 1. The summed E-state index contributed by atoms with van der Waals surface area (Å²) in [6.45, 7) is 3.60. The quantitative estimate of drug-likeness (QED) is 0.722. The lowest BCUT2D eigenvalue weighted by Gasteiger charge is -2.19. The Morgan fingerprint density at radius 1 is 1.15 bits per heavy atom. The Morgan fingerprint density at radius 2 is 1.92 bits per heavy atom. The largest absolute Gasteiger partial charge is 0.325 e. The van der Waals surface area contributed by atoms with Gasteiger partial charge in [-0.25, -0.2) is 13.1 Å². The second kappa shape index (κ2) is 9.21. The first-order valence-electron chi connectivity index (χ1n) is 9.33. The highest BCUT2D eigenvalue weighted by atomic mass is 32.2. The molecule has 26 heavy (non-hydrogen) atoms. The van der Waals surface area contributed by atoms with E-state index >= 15 is 0 Å². The standard InChI is InChI=1S/C18H27N3O3S2/c22-18-8-13-25-17-7-6-15(14-16(17)20-18)26(23,24)19-9-5-12-21-10-3-1-2-4-11-21/h6-7,14,19H,1-5,8-13H2,(H,20,22). The second-order valence-corrected chi connectivity index (χ2v) is 9.72. The molecule has 0 saturated carbocycles. The van der Waals surface area contributed by atoms with Crippen LogP contribution in [-0.2, 0) is 14.8 Å². The van der Waals surface area contributed by atoms with E-state index in [1.165, 1.54) is 25.7 Å². The predicted octanol–water partition coefficient (Wildman–Crippen LogP) is 2.67. The number of likely N-dealkylation sites (tertiary alicyclic amines) is 1. The second-order valence-electron chi connectivity index (χ2n) is 6.81. The number of nitrogens with one attached hydrogen (secondary N) is 2. The molecule has 1 aromatic carbocycles. The van der Waals surface area contributed by atoms with Crippen LogP contribution in [0.4, 0.5) is 5.69 Å². The highest BCUT2D eigenvalue weighted by Gasteiger charge is 2.19. The molecule has 8 heteroatoms. The summed E-state index contributed by atoms with van der Waals surface area (Å²) in [6, 6.07) is 4.94. The van der Waals surface area contributed by atoms with Gasteiger partial charge in [-0.1, -0.05) is 12.8 Å². The van der Waals surface area contributed by atoms with Gasteiger partial charge in [-0.15, -0.1) is 11.8 Å². The van der Waals surface area contributed by atoms with Crippen LogP contribution in [0.1, 0.15) is 38.5 Å². The number of rotatable bonds is 6. The maximum Gasteiger partial charge on any atom is 0.240 e. The topological polar surface area (TPSA) is 78.5 Å². The maximum atomic E-state index is 12.5. The van der Waals surface area contributed by atoms with Gasteiger partial charge in [0.1, 0.15) is 0 Å². The summed E-state index contributed by atoms with van der Waals surface area (Å²) in [6.07, 6.45) is 6.33. The monoisotopic (exact) mass is 397 g/mol. The lowest BCUT2D eigenvalue weighted by Crippen LogP contribution is -2.30. The molecule has 1 fully saturated rings. The summed E-state index contributed by atoms with van der Waals surface area (Å²) in [5, 5.41) is 2.79. The molecule has 0 radical (unpaired) electrons. The van der Waals surface area contributed by atoms with Crippen molar-refractivity contribution >= 4 is 33.4 Å². The molecule has 1 saturated heterocycles. The number of fused-ring (bicyclic) bond motifs is 1. The van der Waals surface area contributed by atoms with E-state index in [1.54, 1.807) is 30.0 Å². The van der Waals surface area contributed by atoms with Crippen molar-refractivity contribution in [1.82, 2.24) is 9.62 Å². The molecule has 0 spiro atoms. The fourth-order valence-corrected chi connectivity index (χ4v) is 5.36. The molecular formula is C18H27N3O3S2. The average molecular weight is 398 g/mol. The van der Waals surface area contributed by atoms with Crippen molar-refractivity contribution in [2.24, 2.45) is 0 Å². The van der Waals surface area contributed by atoms with Crippen LogP contribution in [0.5, 0.6) is 0 Å². The van der Waals surface area contributed by atoms with E-state index in [0.29, 0.717) is 24.4 Å². The lowest BCUT2D eigenvalue weighted by atomic mass is 10.2. The number of hydrogen-bond acceptors (Lipinski definition) is 5. The molecular weight excluding hydrogens is 370 g/mol. The zero-order valence-electron chi connectivity index (χ0n) is 15.0. The van der Waals surface area contributed by atoms with Crippen molar-refractivity contribution in [1.29, 1.82) is 0 Å². The summed E-state index contributed by atoms with van der Waals surface area (Å²) in [5.41, 5.74) is 0.588. The molecule has 0 unspecified atom stereocenters. The number of carbonyl (C=O) groups is 1. The Morgan fingerprint density at radius 3 is 2.69 bits per heavy atom. The van der Waals surface area contributed by atoms with Crippen molar-refractivity contribution in [2.45, 2.75) is 48.3 Å². The fraction of sp³-hybridized carbons (Fsp3) is 0.611. The normalized spacial score (nSPS) is 19.3. The SMILES string of the molecule is O=C1CCSc2ccc(S(=O)(=O)NCCCN3CCCCCC3)cc2N1. The van der Waals surface area contributed by atoms with Gasteiger partial charge >= 0.3 is 0 Å². The van der Waals surface area contributed by atoms with E-state index in [4.69, 9.17) is 0 Å². The number of hydrogen-bond donors (Lipinski definition) is 2. The molecule has 1 amide bonds. The minimum atomic E-state index is -3.56. The summed E-state index contributed by atoms with van der Waals surface area (Å²) in [4.78, 5) is 15.2. The molecule has 0 aliphatic carbocycles. The molecule has 0 aromatic heterocycles. The third kappa shape index (κ3) is 5.45. The Bertz CT molecular complexity index is 729. The molecule has 1 aromatic rings. The van der Waals surface area contributed by atoms with Gasteiger partial charge in [-0.2, -0.15) is 0 Å². The van der Waals surface area contributed by atoms with Crippen LogP contribution >= 0.6 is 11.8 Å². The third-order valence-electron chi connectivity index (χ3n) is 4.76. The zero-order chi connectivity index (χ0) is 18.4. The van der Waals surface area contributed by atoms with E-state index in [0.717, 1.165) is 31.0 Å². The number of sulfonamides is 1. The number of benzene rings is 1. The van der Waals surface area contributed by atoms with E-state index in [2.05, 4.69) is 14.9 Å². The van der Waals surface area contributed by atoms with Gasteiger partial charge in [0.15, 0.2) is 0 Å². The molecule has 2 heterocycles. The Labute approximate surface area is 160 Å². The van der Waals surface area contributed by atoms with Gasteiger partial charge in [0.2, 0.25) is 15.9 Å². The number of nitrogens with zero attached hydrogens (tertiary/aromatic N) is 1. The third-order valence-corrected chi connectivity index (χ3v) is 7.30. The minimum absolute atomic E-state index is 0.0730. The molecule has 6 nitrogen and oxygen atoms in total. The highest BCUT2D eigenvalue weighted by Crippen LogP contribution is 2.32.